The molecule has 0 fully saturated rings. The number of benzene rings is 3. The second-order valence-corrected chi connectivity index (χ2v) is 11.1. The summed E-state index contributed by atoms with van der Waals surface area (Å²) < 4.78 is 23.1. The van der Waals surface area contributed by atoms with E-state index in [2.05, 4.69) is 4.98 Å². The smallest absolute Gasteiger partial charge is 0.305 e. The van der Waals surface area contributed by atoms with Gasteiger partial charge in [-0.25, -0.2) is 13.6 Å². The highest BCUT2D eigenvalue weighted by Gasteiger charge is 2.24. The zero-order valence-corrected chi connectivity index (χ0v) is 23.7. The summed E-state index contributed by atoms with van der Waals surface area (Å²) in [5, 5.41) is 14.5. The molecule has 0 radical (unpaired) electrons. The summed E-state index contributed by atoms with van der Waals surface area (Å²) in [5.74, 6) is -1.73. The predicted octanol–water partition coefficient (Wildman–Crippen LogP) is 3.83. The van der Waals surface area contributed by atoms with Crippen molar-refractivity contribution in [2.45, 2.75) is 17.7 Å². The average Bonchev–Trinajstić information content (AvgIpc) is 3.00. The number of primary sulfonamides is 1. The van der Waals surface area contributed by atoms with Gasteiger partial charge in [-0.15, -0.1) is 0 Å². The molecule has 0 aliphatic carbocycles. The van der Waals surface area contributed by atoms with Gasteiger partial charge in [0.05, 0.1) is 23.2 Å². The van der Waals surface area contributed by atoms with Crippen LogP contribution in [-0.4, -0.2) is 61.3 Å². The first-order valence-electron chi connectivity index (χ1n) is 13.1. The maximum atomic E-state index is 13.9. The summed E-state index contributed by atoms with van der Waals surface area (Å²) in [6.07, 6.45) is 3.29. The van der Waals surface area contributed by atoms with E-state index in [4.69, 9.17) is 5.14 Å². The Kier molecular flexibility index (Phi) is 9.46. The molecule has 0 spiro atoms. The second-order valence-electron chi connectivity index (χ2n) is 9.54. The summed E-state index contributed by atoms with van der Waals surface area (Å²) in [6, 6.07) is 23.4. The lowest BCUT2D eigenvalue weighted by atomic mass is 9.94. The van der Waals surface area contributed by atoms with Crippen LogP contribution in [0.15, 0.2) is 102 Å². The van der Waals surface area contributed by atoms with Crippen LogP contribution in [-0.2, 0) is 21.2 Å². The molecule has 0 atom stereocenters. The van der Waals surface area contributed by atoms with Crippen molar-refractivity contribution >= 4 is 33.5 Å². The topological polar surface area (TPSA) is 151 Å². The maximum absolute atomic E-state index is 13.9. The molecular weight excluding hydrogens is 556 g/mol. The molecule has 4 rings (SSSR count). The third-order valence-electron chi connectivity index (χ3n) is 6.75. The number of pyridine rings is 1. The molecule has 0 bridgehead atoms. The number of anilines is 1. The van der Waals surface area contributed by atoms with Gasteiger partial charge < -0.3 is 14.9 Å². The monoisotopic (exact) mass is 586 g/mol. The Labute approximate surface area is 244 Å². The van der Waals surface area contributed by atoms with Gasteiger partial charge >= 0.3 is 5.97 Å². The zero-order chi connectivity index (χ0) is 30.3. The lowest BCUT2D eigenvalue weighted by Crippen LogP contribution is -2.35. The van der Waals surface area contributed by atoms with Gasteiger partial charge in [0.25, 0.3) is 11.8 Å². The number of amides is 2. The molecular formula is C31H30N4O6S. The molecule has 42 heavy (non-hydrogen) atoms. The van der Waals surface area contributed by atoms with Crippen molar-refractivity contribution in [3.63, 3.8) is 0 Å². The van der Waals surface area contributed by atoms with Crippen LogP contribution in [0.2, 0.25) is 0 Å². The molecule has 1 heterocycles. The first kappa shape index (κ1) is 30.1. The number of sulfonamides is 1. The van der Waals surface area contributed by atoms with E-state index in [1.165, 1.54) is 21.9 Å². The van der Waals surface area contributed by atoms with Crippen LogP contribution in [0.25, 0.3) is 11.1 Å². The molecule has 4 aromatic rings. The first-order valence-corrected chi connectivity index (χ1v) is 14.6. The number of carbonyl (C=O) groups is 3. The molecule has 11 heteroatoms. The van der Waals surface area contributed by atoms with E-state index in [-0.39, 0.29) is 30.3 Å². The third kappa shape index (κ3) is 7.25. The molecule has 0 aliphatic rings. The Balaban J connectivity index is 1.65. The highest BCUT2D eigenvalue weighted by Crippen LogP contribution is 2.30. The van der Waals surface area contributed by atoms with Crippen molar-refractivity contribution in [1.82, 2.24) is 9.88 Å². The fourth-order valence-electron chi connectivity index (χ4n) is 4.48. The van der Waals surface area contributed by atoms with Crippen LogP contribution in [0.5, 0.6) is 0 Å². The van der Waals surface area contributed by atoms with Crippen molar-refractivity contribution in [2.24, 2.45) is 5.14 Å². The van der Waals surface area contributed by atoms with E-state index in [1.807, 2.05) is 0 Å². The van der Waals surface area contributed by atoms with Gasteiger partial charge in [0, 0.05) is 37.5 Å². The van der Waals surface area contributed by atoms with Gasteiger partial charge in [-0.2, -0.15) is 0 Å². The van der Waals surface area contributed by atoms with Crippen LogP contribution < -0.4 is 10.0 Å². The van der Waals surface area contributed by atoms with E-state index >= 15 is 0 Å². The van der Waals surface area contributed by atoms with Crippen molar-refractivity contribution in [3.8, 4) is 11.1 Å². The Bertz CT molecular complexity index is 1690. The number of hydrogen-bond donors (Lipinski definition) is 2. The van der Waals surface area contributed by atoms with Gasteiger partial charge in [0.1, 0.15) is 0 Å². The van der Waals surface area contributed by atoms with Crippen LogP contribution in [0.4, 0.5) is 5.69 Å². The van der Waals surface area contributed by atoms with Gasteiger partial charge in [-0.05, 0) is 59.5 Å². The third-order valence-corrected chi connectivity index (χ3v) is 7.68. The van der Waals surface area contributed by atoms with E-state index in [1.54, 1.807) is 92.2 Å². The van der Waals surface area contributed by atoms with Gasteiger partial charge in [0.15, 0.2) is 0 Å². The lowest BCUT2D eigenvalue weighted by Gasteiger charge is -2.24. The number of carboxylic acid groups (broad SMARTS) is 1. The molecule has 3 N–H and O–H groups in total. The number of hydrogen-bond acceptors (Lipinski definition) is 6. The van der Waals surface area contributed by atoms with Gasteiger partial charge in [-0.1, -0.05) is 48.5 Å². The molecule has 0 aliphatic heterocycles. The summed E-state index contributed by atoms with van der Waals surface area (Å²) in [5.41, 5.74) is 3.15. The number of aliphatic carboxylic acids is 1. The Morgan fingerprint density at radius 3 is 1.95 bits per heavy atom. The number of nitrogens with zero attached hydrogens (tertiary/aromatic N) is 3. The predicted molar refractivity (Wildman–Crippen MR) is 159 cm³/mol. The van der Waals surface area contributed by atoms with E-state index in [0.717, 1.165) is 5.56 Å². The molecule has 10 nitrogen and oxygen atoms in total. The number of aromatic nitrogens is 1. The molecule has 3 aromatic carbocycles. The zero-order valence-electron chi connectivity index (χ0n) is 22.9. The van der Waals surface area contributed by atoms with Crippen molar-refractivity contribution in [1.29, 1.82) is 0 Å². The van der Waals surface area contributed by atoms with Crippen molar-refractivity contribution in [3.05, 3.63) is 114 Å². The Morgan fingerprint density at radius 1 is 0.810 bits per heavy atom. The highest BCUT2D eigenvalue weighted by atomic mass is 32.2. The normalized spacial score (nSPS) is 11.1. The van der Waals surface area contributed by atoms with Gasteiger partial charge in [-0.3, -0.25) is 19.4 Å². The Morgan fingerprint density at radius 2 is 1.40 bits per heavy atom. The maximum Gasteiger partial charge on any atom is 0.305 e. The van der Waals surface area contributed by atoms with Gasteiger partial charge in [0.2, 0.25) is 10.0 Å². The molecule has 216 valence electrons. The second kappa shape index (κ2) is 13.2. The van der Waals surface area contributed by atoms with E-state index in [0.29, 0.717) is 34.4 Å². The van der Waals surface area contributed by atoms with Crippen LogP contribution in [0, 0.1) is 0 Å². The summed E-state index contributed by atoms with van der Waals surface area (Å²) in [7, 11) is -2.19. The fourth-order valence-corrected chi connectivity index (χ4v) is 5.00. The number of carbonyl (C=O) groups excluding carboxylic acids is 2. The van der Waals surface area contributed by atoms with E-state index < -0.39 is 21.9 Å². The molecule has 1 aromatic heterocycles. The molecule has 0 saturated carbocycles. The van der Waals surface area contributed by atoms with Crippen molar-refractivity contribution < 1.29 is 27.9 Å². The Hall–Kier alpha value is -4.87. The van der Waals surface area contributed by atoms with Crippen LogP contribution in [0.1, 0.15) is 32.7 Å². The summed E-state index contributed by atoms with van der Waals surface area (Å²) >= 11 is 0. The van der Waals surface area contributed by atoms with Crippen LogP contribution in [0.3, 0.4) is 0 Å². The average molecular weight is 587 g/mol. The molecule has 2 amide bonds. The SMILES string of the molecule is CN(C(=O)c1ccccc1-c1ccccc1C(=O)N(CCC(=O)O)CCc1ccc(S(N)(=O)=O)cc1)c1cccnc1. The highest BCUT2D eigenvalue weighted by molar-refractivity contribution is 7.89. The number of nitrogens with two attached hydrogens (primary N) is 1. The summed E-state index contributed by atoms with van der Waals surface area (Å²) in [6.45, 7) is 0.140. The van der Waals surface area contributed by atoms with Crippen LogP contribution >= 0.6 is 0 Å². The molecule has 0 saturated heterocycles. The van der Waals surface area contributed by atoms with Crippen molar-refractivity contribution in [2.75, 3.05) is 25.0 Å². The largest absolute Gasteiger partial charge is 0.481 e. The minimum absolute atomic E-state index is 0.0265. The first-order chi connectivity index (χ1) is 20.1. The van der Waals surface area contributed by atoms with E-state index in [9.17, 15) is 27.9 Å². The standard InChI is InChI=1S/C31H30N4O6S/c1-34(23-7-6-18-33-21-23)30(38)27-10-4-2-8-25(27)26-9-3-5-11-28(26)31(39)35(20-17-29(36)37)19-16-22-12-14-24(15-13-22)42(32,40)41/h2-15,18,21H,16-17,19-20H2,1H3,(H,36,37)(H2,32,40,41). The molecule has 0 unspecified atom stereocenters. The minimum Gasteiger partial charge on any atom is -0.481 e. The lowest BCUT2D eigenvalue weighted by molar-refractivity contribution is -0.137. The quantitative estimate of drug-likeness (QED) is 0.271. The minimum atomic E-state index is -3.84. The fraction of sp³-hybridized carbons (Fsp3) is 0.161. The number of carboxylic acids is 1. The number of rotatable bonds is 11. The summed E-state index contributed by atoms with van der Waals surface area (Å²) in [4.78, 5) is 45.9.